The maximum Gasteiger partial charge on any atom is 0.408 e. The molecule has 1 rings (SSSR count). The predicted octanol–water partition coefficient (Wildman–Crippen LogP) is 2.68. The van der Waals surface area contributed by atoms with Gasteiger partial charge in [-0.05, 0) is 13.0 Å². The Morgan fingerprint density at radius 1 is 1.42 bits per heavy atom. The molecule has 5 nitrogen and oxygen atoms in total. The van der Waals surface area contributed by atoms with Crippen LogP contribution in [0.15, 0.2) is 36.9 Å². The average molecular weight is 368 g/mol. The molecule has 1 aromatic rings. The molecule has 134 valence electrons. The van der Waals surface area contributed by atoms with E-state index in [-0.39, 0.29) is 5.56 Å². The molecule has 0 aromatic heterocycles. The van der Waals surface area contributed by atoms with Gasteiger partial charge >= 0.3 is 12.3 Å². The van der Waals surface area contributed by atoms with Crippen molar-refractivity contribution in [1.82, 2.24) is 10.0 Å². The van der Waals surface area contributed by atoms with Crippen LogP contribution in [-0.2, 0) is 16.5 Å². The molecule has 1 aromatic carbocycles. The SMILES string of the molecule is C=CC(NS(=O)C[C@](C)(NC(=O)O)c1ccccc1F)C(F)(F)F. The van der Waals surface area contributed by atoms with Gasteiger partial charge in [0, 0.05) is 5.56 Å². The number of rotatable bonds is 7. The fourth-order valence-electron chi connectivity index (χ4n) is 2.02. The van der Waals surface area contributed by atoms with E-state index in [2.05, 4.69) is 6.58 Å². The van der Waals surface area contributed by atoms with E-state index in [1.165, 1.54) is 25.1 Å². The molecular formula is C14H16F4N2O3S. The van der Waals surface area contributed by atoms with Crippen LogP contribution >= 0.6 is 0 Å². The van der Waals surface area contributed by atoms with E-state index < -0.39 is 46.4 Å². The second-order valence-corrected chi connectivity index (χ2v) is 6.32. The summed E-state index contributed by atoms with van der Waals surface area (Å²) in [6, 6.07) is 2.88. The van der Waals surface area contributed by atoms with Gasteiger partial charge < -0.3 is 10.4 Å². The number of carbonyl (C=O) groups is 1. The Labute approximate surface area is 138 Å². The first-order chi connectivity index (χ1) is 11.0. The first kappa shape index (κ1) is 20.1. The third-order valence-corrected chi connectivity index (χ3v) is 4.47. The Hall–Kier alpha value is -1.94. The van der Waals surface area contributed by atoms with Gasteiger partial charge in [0.1, 0.15) is 11.9 Å². The summed E-state index contributed by atoms with van der Waals surface area (Å²) < 4.78 is 65.8. The molecule has 10 heteroatoms. The van der Waals surface area contributed by atoms with E-state index >= 15 is 0 Å². The second kappa shape index (κ2) is 7.75. The molecule has 3 N–H and O–H groups in total. The number of amides is 1. The Morgan fingerprint density at radius 2 is 2.00 bits per heavy atom. The molecule has 2 unspecified atom stereocenters. The number of hydrogen-bond donors (Lipinski definition) is 3. The number of benzene rings is 1. The van der Waals surface area contributed by atoms with E-state index in [1.807, 2.05) is 5.32 Å². The van der Waals surface area contributed by atoms with Gasteiger partial charge in [0.05, 0.1) is 22.3 Å². The average Bonchev–Trinajstić information content (AvgIpc) is 2.42. The largest absolute Gasteiger partial charge is 0.465 e. The summed E-state index contributed by atoms with van der Waals surface area (Å²) >= 11 is 0. The lowest BCUT2D eigenvalue weighted by atomic mass is 9.94. The first-order valence-electron chi connectivity index (χ1n) is 6.59. The monoisotopic (exact) mass is 368 g/mol. The standard InChI is InChI=1S/C14H16F4N2O3S/c1-3-11(14(16,17)18)20-24(23)8-13(2,19-12(21)22)9-6-4-5-7-10(9)15/h3-7,11,19-20H,1,8H2,2H3,(H,21,22)/t11?,13-,24?/m0/s1. The number of nitrogens with one attached hydrogen (secondary N) is 2. The van der Waals surface area contributed by atoms with Crippen molar-refractivity contribution in [3.05, 3.63) is 48.3 Å². The molecule has 24 heavy (non-hydrogen) atoms. The van der Waals surface area contributed by atoms with Crippen molar-refractivity contribution < 1.29 is 31.7 Å². The lowest BCUT2D eigenvalue weighted by molar-refractivity contribution is -0.140. The Kier molecular flexibility index (Phi) is 6.50. The summed E-state index contributed by atoms with van der Waals surface area (Å²) in [7, 11) is -2.32. The van der Waals surface area contributed by atoms with Crippen LogP contribution < -0.4 is 10.0 Å². The van der Waals surface area contributed by atoms with E-state index in [9.17, 15) is 26.6 Å². The number of hydrogen-bond acceptors (Lipinski definition) is 2. The van der Waals surface area contributed by atoms with Crippen molar-refractivity contribution in [1.29, 1.82) is 0 Å². The summed E-state index contributed by atoms with van der Waals surface area (Å²) in [5.74, 6) is -1.40. The molecule has 0 bridgehead atoms. The van der Waals surface area contributed by atoms with Crippen molar-refractivity contribution in [3.8, 4) is 0 Å². The van der Waals surface area contributed by atoms with Gasteiger partial charge in [-0.2, -0.15) is 13.2 Å². The van der Waals surface area contributed by atoms with Crippen LogP contribution in [0, 0.1) is 5.82 Å². The van der Waals surface area contributed by atoms with E-state index in [0.717, 1.165) is 6.07 Å². The van der Waals surface area contributed by atoms with Crippen molar-refractivity contribution in [3.63, 3.8) is 0 Å². The highest BCUT2D eigenvalue weighted by atomic mass is 32.2. The lowest BCUT2D eigenvalue weighted by Crippen LogP contribution is -2.51. The summed E-state index contributed by atoms with van der Waals surface area (Å²) in [4.78, 5) is 11.0. The van der Waals surface area contributed by atoms with Crippen LogP contribution in [0.3, 0.4) is 0 Å². The third kappa shape index (κ3) is 5.31. The van der Waals surface area contributed by atoms with E-state index in [1.54, 1.807) is 4.72 Å². The van der Waals surface area contributed by atoms with E-state index in [4.69, 9.17) is 5.11 Å². The second-order valence-electron chi connectivity index (χ2n) is 5.10. The first-order valence-corrected chi connectivity index (χ1v) is 7.91. The minimum atomic E-state index is -4.72. The van der Waals surface area contributed by atoms with E-state index in [0.29, 0.717) is 6.08 Å². The molecule has 0 aliphatic heterocycles. The summed E-state index contributed by atoms with van der Waals surface area (Å²) in [6.07, 6.45) is -5.72. The Bertz CT molecular complexity index is 639. The number of halogens is 4. The van der Waals surface area contributed by atoms with Crippen LogP contribution in [0.2, 0.25) is 0 Å². The normalized spacial score (nSPS) is 16.7. The predicted molar refractivity (Wildman–Crippen MR) is 81.1 cm³/mol. The zero-order valence-electron chi connectivity index (χ0n) is 12.6. The van der Waals surface area contributed by atoms with Gasteiger partial charge in [0.15, 0.2) is 0 Å². The highest BCUT2D eigenvalue weighted by Crippen LogP contribution is 2.26. The van der Waals surface area contributed by atoms with Crippen LogP contribution in [0.25, 0.3) is 0 Å². The Balaban J connectivity index is 3.06. The quantitative estimate of drug-likeness (QED) is 0.511. The van der Waals surface area contributed by atoms with Gasteiger partial charge in [0.2, 0.25) is 0 Å². The smallest absolute Gasteiger partial charge is 0.408 e. The molecule has 0 aliphatic rings. The highest BCUT2D eigenvalue weighted by molar-refractivity contribution is 7.83. The van der Waals surface area contributed by atoms with Crippen LogP contribution in [0.1, 0.15) is 12.5 Å². The molecule has 0 heterocycles. The van der Waals surface area contributed by atoms with Gasteiger partial charge in [-0.15, -0.1) is 6.58 Å². The molecular weight excluding hydrogens is 352 g/mol. The zero-order valence-corrected chi connectivity index (χ0v) is 13.4. The molecule has 0 saturated heterocycles. The minimum Gasteiger partial charge on any atom is -0.465 e. The Morgan fingerprint density at radius 3 is 2.46 bits per heavy atom. The molecule has 0 spiro atoms. The van der Waals surface area contributed by atoms with Gasteiger partial charge in [-0.25, -0.2) is 18.1 Å². The van der Waals surface area contributed by atoms with Crippen molar-refractivity contribution in [2.45, 2.75) is 24.7 Å². The van der Waals surface area contributed by atoms with Crippen LogP contribution in [0.4, 0.5) is 22.4 Å². The van der Waals surface area contributed by atoms with Gasteiger partial charge in [-0.3, -0.25) is 0 Å². The molecule has 3 atom stereocenters. The summed E-state index contributed by atoms with van der Waals surface area (Å²) in [6.45, 7) is 4.24. The topological polar surface area (TPSA) is 78.4 Å². The fraction of sp³-hybridized carbons (Fsp3) is 0.357. The van der Waals surface area contributed by atoms with Crippen molar-refractivity contribution >= 4 is 17.1 Å². The van der Waals surface area contributed by atoms with Gasteiger partial charge in [0.25, 0.3) is 0 Å². The zero-order chi connectivity index (χ0) is 18.5. The lowest BCUT2D eigenvalue weighted by Gasteiger charge is -2.30. The number of alkyl halides is 3. The minimum absolute atomic E-state index is 0.135. The summed E-state index contributed by atoms with van der Waals surface area (Å²) in [5.41, 5.74) is -1.84. The molecule has 0 fully saturated rings. The molecule has 1 amide bonds. The van der Waals surface area contributed by atoms with Crippen molar-refractivity contribution in [2.24, 2.45) is 0 Å². The van der Waals surface area contributed by atoms with Crippen LogP contribution in [-0.4, -0.2) is 33.4 Å². The fourth-order valence-corrected chi connectivity index (χ4v) is 3.37. The van der Waals surface area contributed by atoms with Crippen molar-refractivity contribution in [2.75, 3.05) is 5.75 Å². The van der Waals surface area contributed by atoms with Crippen LogP contribution in [0.5, 0.6) is 0 Å². The summed E-state index contributed by atoms with van der Waals surface area (Å²) in [5, 5.41) is 10.9. The maximum absolute atomic E-state index is 14.0. The maximum atomic E-state index is 14.0. The number of carboxylic acid groups (broad SMARTS) is 1. The molecule has 0 saturated carbocycles. The van der Waals surface area contributed by atoms with Gasteiger partial charge in [-0.1, -0.05) is 24.3 Å². The molecule has 0 aliphatic carbocycles. The highest BCUT2D eigenvalue weighted by Gasteiger charge is 2.40. The molecule has 0 radical (unpaired) electrons. The third-order valence-electron chi connectivity index (χ3n) is 3.12.